The average Bonchev–Trinajstić information content (AvgIpc) is 2.10. The van der Waals surface area contributed by atoms with Crippen molar-refractivity contribution in [1.82, 2.24) is 4.90 Å². The largest absolute Gasteiger partial charge is 0.306 e. The Kier molecular flexibility index (Phi) is 65.7. The van der Waals surface area contributed by atoms with Gasteiger partial charge in [0.15, 0.2) is 0 Å². The third-order valence-electron chi connectivity index (χ3n) is 0.494. The molecule has 0 aromatic carbocycles. The van der Waals surface area contributed by atoms with E-state index in [1.807, 2.05) is 40.9 Å². The van der Waals surface area contributed by atoms with Crippen LogP contribution in [0.3, 0.4) is 0 Å². The molecule has 0 fully saturated rings. The predicted molar refractivity (Wildman–Crippen MR) is 64.1 cm³/mol. The highest BCUT2D eigenvalue weighted by Gasteiger charge is 1.75. The summed E-state index contributed by atoms with van der Waals surface area (Å²) < 4.78 is 9.79. The first kappa shape index (κ1) is 23.3. The molecule has 0 aromatic heterocycles. The van der Waals surface area contributed by atoms with Crippen molar-refractivity contribution in [1.29, 1.82) is 0 Å². The van der Waals surface area contributed by atoms with Crippen LogP contribution in [0.15, 0.2) is 25.3 Å². The van der Waals surface area contributed by atoms with Crippen LogP contribution in [0.2, 0.25) is 0 Å². The summed E-state index contributed by atoms with van der Waals surface area (Å²) in [7, 11) is 4.99. The normalized spacial score (nSPS) is 6.57. The van der Waals surface area contributed by atoms with E-state index in [9.17, 15) is 4.53 Å². The van der Waals surface area contributed by atoms with Gasteiger partial charge in [0.05, 0.1) is 7.11 Å². The zero-order valence-corrected chi connectivity index (χ0v) is 10.5. The van der Waals surface area contributed by atoms with Crippen molar-refractivity contribution in [2.24, 2.45) is 0 Å². The van der Waals surface area contributed by atoms with Crippen molar-refractivity contribution in [2.45, 2.75) is 20.8 Å². The van der Waals surface area contributed by atoms with E-state index in [2.05, 4.69) is 23.0 Å². The molecule has 0 aromatic rings. The highest BCUT2D eigenvalue weighted by Crippen LogP contribution is 1.69. The van der Waals surface area contributed by atoms with Gasteiger partial charge in [-0.15, -0.1) is 13.2 Å². The molecule has 0 bridgehead atoms. The van der Waals surface area contributed by atoms with Crippen LogP contribution in [0.25, 0.3) is 0 Å². The fraction of sp³-hybridized carbons (Fsp3) is 0.636. The van der Waals surface area contributed by atoms with Gasteiger partial charge in [0, 0.05) is 6.54 Å². The fourth-order valence-corrected chi connectivity index (χ4v) is 0.258. The van der Waals surface area contributed by atoms with Crippen LogP contribution in [-0.2, 0) is 4.94 Å². The van der Waals surface area contributed by atoms with Gasteiger partial charge in [-0.05, 0) is 25.5 Å². The minimum absolute atomic E-state index is 0.958. The van der Waals surface area contributed by atoms with Gasteiger partial charge in [-0.2, -0.15) is 4.94 Å². The Hall–Kier alpha value is -0.670. The van der Waals surface area contributed by atoms with E-state index in [0.29, 0.717) is 0 Å². The third-order valence-corrected chi connectivity index (χ3v) is 0.494. The second-order valence-electron chi connectivity index (χ2n) is 2.11. The van der Waals surface area contributed by atoms with Crippen LogP contribution in [0.5, 0.6) is 0 Å². The first-order valence-corrected chi connectivity index (χ1v) is 4.58. The quantitative estimate of drug-likeness (QED) is 0.643. The molecule has 0 aliphatic heterocycles. The minimum atomic E-state index is 0.958. The number of halogens is 1. The van der Waals surface area contributed by atoms with E-state index in [0.717, 1.165) is 13.7 Å². The lowest BCUT2D eigenvalue weighted by Gasteiger charge is -2.01. The summed E-state index contributed by atoms with van der Waals surface area (Å²) in [6.45, 7) is 13.8. The highest BCUT2D eigenvalue weighted by atomic mass is 19.3. The van der Waals surface area contributed by atoms with Gasteiger partial charge < -0.3 is 4.90 Å². The Morgan fingerprint density at radius 3 is 1.50 bits per heavy atom. The number of likely N-dealkylation sites (N-methyl/N-ethyl adjacent to an activating group) is 1. The maximum atomic E-state index is 9.79. The Morgan fingerprint density at radius 1 is 1.29 bits per heavy atom. The molecule has 0 radical (unpaired) electrons. The van der Waals surface area contributed by atoms with Crippen LogP contribution in [-0.4, -0.2) is 32.6 Å². The number of rotatable bonds is 2. The second-order valence-corrected chi connectivity index (χ2v) is 2.11. The maximum absolute atomic E-state index is 9.79. The molecule has 0 heterocycles. The minimum Gasteiger partial charge on any atom is -0.306 e. The molecule has 0 rings (SSSR count). The predicted octanol–water partition coefficient (Wildman–Crippen LogP) is 3.47. The molecule has 0 N–H and O–H groups in total. The summed E-state index contributed by atoms with van der Waals surface area (Å²) in [6.07, 6.45) is 3.62. The van der Waals surface area contributed by atoms with Crippen LogP contribution in [0.1, 0.15) is 20.8 Å². The molecular weight excluding hydrogens is 181 g/mol. The molecule has 0 unspecified atom stereocenters. The summed E-state index contributed by atoms with van der Waals surface area (Å²) in [5.74, 6) is 0. The fourth-order valence-electron chi connectivity index (χ4n) is 0.258. The van der Waals surface area contributed by atoms with Crippen LogP contribution < -0.4 is 0 Å². The standard InChI is InChI=1S/C5H11N.C3H6.C2H6.CH3FO/c1-4-5-6(2)3;1-3-2;1-2;1-3-2/h4H,1,5H2,2-3H3;3H,1H2,2H3;1-2H3;1H3. The molecule has 0 atom stereocenters. The topological polar surface area (TPSA) is 12.5 Å². The van der Waals surface area contributed by atoms with Gasteiger partial charge in [-0.3, -0.25) is 0 Å². The van der Waals surface area contributed by atoms with Gasteiger partial charge in [0.2, 0.25) is 0 Å². The summed E-state index contributed by atoms with van der Waals surface area (Å²) in [6, 6.07) is 0. The SMILES string of the molecule is C=CC.C=CCN(C)C.CC.COF. The zero-order valence-electron chi connectivity index (χ0n) is 10.5. The lowest BCUT2D eigenvalue weighted by Crippen LogP contribution is -2.09. The second kappa shape index (κ2) is 39.5. The molecule has 2 nitrogen and oxygen atoms in total. The molecule has 88 valence electrons. The van der Waals surface area contributed by atoms with Crippen molar-refractivity contribution in [3.05, 3.63) is 25.3 Å². The summed E-state index contributed by atoms with van der Waals surface area (Å²) >= 11 is 0. The number of hydrogen-bond donors (Lipinski definition) is 0. The molecular formula is C11H26FNO. The molecule has 14 heavy (non-hydrogen) atoms. The Bertz CT molecular complexity index is 85.4. The molecule has 0 saturated carbocycles. The number of allylic oxidation sites excluding steroid dienone is 1. The van der Waals surface area contributed by atoms with Gasteiger partial charge in [0.25, 0.3) is 0 Å². The third kappa shape index (κ3) is 223. The van der Waals surface area contributed by atoms with Crippen molar-refractivity contribution >= 4 is 0 Å². The van der Waals surface area contributed by atoms with Gasteiger partial charge in [0.1, 0.15) is 0 Å². The van der Waals surface area contributed by atoms with E-state index in [1.54, 1.807) is 6.08 Å². The van der Waals surface area contributed by atoms with E-state index < -0.39 is 0 Å². The van der Waals surface area contributed by atoms with Crippen molar-refractivity contribution in [3.63, 3.8) is 0 Å². The smallest absolute Gasteiger partial charge is 0.0766 e. The Balaban J connectivity index is -0.0000000536. The zero-order chi connectivity index (χ0) is 12.4. The van der Waals surface area contributed by atoms with E-state index >= 15 is 0 Å². The maximum Gasteiger partial charge on any atom is 0.0766 e. The summed E-state index contributed by atoms with van der Waals surface area (Å²) in [4.78, 5) is 4.81. The number of nitrogens with zero attached hydrogens (tertiary/aromatic N) is 1. The molecule has 0 spiro atoms. The molecule has 3 heteroatoms. The van der Waals surface area contributed by atoms with Gasteiger partial charge in [-0.25, -0.2) is 0 Å². The first-order valence-electron chi connectivity index (χ1n) is 4.58. The van der Waals surface area contributed by atoms with E-state index in [-0.39, 0.29) is 0 Å². The van der Waals surface area contributed by atoms with Crippen LogP contribution >= 0.6 is 0 Å². The first-order chi connectivity index (χ1) is 6.60. The van der Waals surface area contributed by atoms with Crippen LogP contribution in [0, 0.1) is 0 Å². The van der Waals surface area contributed by atoms with Gasteiger partial charge >= 0.3 is 0 Å². The average molecular weight is 207 g/mol. The van der Waals surface area contributed by atoms with Crippen LogP contribution in [0.4, 0.5) is 4.53 Å². The Morgan fingerprint density at radius 2 is 1.50 bits per heavy atom. The molecule has 0 aliphatic rings. The molecule has 0 amide bonds. The lowest BCUT2D eigenvalue weighted by atomic mass is 10.6. The Labute approximate surface area is 89.0 Å². The van der Waals surface area contributed by atoms with E-state index in [1.165, 1.54) is 0 Å². The molecule has 0 aliphatic carbocycles. The monoisotopic (exact) mass is 207 g/mol. The summed E-state index contributed by atoms with van der Waals surface area (Å²) in [5, 5.41) is 0. The summed E-state index contributed by atoms with van der Waals surface area (Å²) in [5.41, 5.74) is 0. The van der Waals surface area contributed by atoms with E-state index in [4.69, 9.17) is 0 Å². The molecule has 0 saturated heterocycles. The lowest BCUT2D eigenvalue weighted by molar-refractivity contribution is -0.0960. The van der Waals surface area contributed by atoms with Gasteiger partial charge in [-0.1, -0.05) is 26.0 Å². The van der Waals surface area contributed by atoms with Crippen molar-refractivity contribution in [3.8, 4) is 0 Å². The number of hydrogen-bond acceptors (Lipinski definition) is 2. The highest BCUT2D eigenvalue weighted by molar-refractivity contribution is 4.68. The van der Waals surface area contributed by atoms with Crippen molar-refractivity contribution < 1.29 is 9.47 Å². The van der Waals surface area contributed by atoms with Crippen molar-refractivity contribution in [2.75, 3.05) is 27.7 Å².